The highest BCUT2D eigenvalue weighted by Gasteiger charge is 1.88. The third kappa shape index (κ3) is 49.3. The lowest BCUT2D eigenvalue weighted by Crippen LogP contribution is -1.91. The Hall–Kier alpha value is -1.84. The second-order valence-corrected chi connectivity index (χ2v) is 1.71. The van der Waals surface area contributed by atoms with Crippen LogP contribution < -0.4 is 0 Å². The van der Waals surface area contributed by atoms with E-state index in [2.05, 4.69) is 26.7 Å². The second kappa shape index (κ2) is 17.3. The molecule has 0 aliphatic rings. The Kier molecular flexibility index (Phi) is 22.3. The van der Waals surface area contributed by atoms with Gasteiger partial charge in [0.15, 0.2) is 0 Å². The Morgan fingerprint density at radius 3 is 1.43 bits per heavy atom. The van der Waals surface area contributed by atoms with E-state index in [1.165, 1.54) is 0 Å². The van der Waals surface area contributed by atoms with Gasteiger partial charge in [0.05, 0.1) is 0 Å². The Labute approximate surface area is 83.9 Å². The Bertz CT molecular complexity index is 178. The molecule has 0 fully saturated rings. The van der Waals surface area contributed by atoms with Gasteiger partial charge in [0.1, 0.15) is 0 Å². The quantitative estimate of drug-likeness (QED) is 0.540. The molecule has 0 saturated carbocycles. The average molecular weight is 200 g/mol. The summed E-state index contributed by atoms with van der Waals surface area (Å²) in [7, 11) is 0. The zero-order valence-corrected chi connectivity index (χ0v) is 8.27. The van der Waals surface area contributed by atoms with Gasteiger partial charge in [-0.15, -0.1) is 19.7 Å². The minimum absolute atomic E-state index is 0.558. The van der Waals surface area contributed by atoms with Crippen LogP contribution in [-0.4, -0.2) is 22.2 Å². The number of carboxylic acids is 2. The van der Waals surface area contributed by atoms with Crippen molar-refractivity contribution in [2.24, 2.45) is 0 Å². The summed E-state index contributed by atoms with van der Waals surface area (Å²) in [4.78, 5) is 19.1. The first-order valence-electron chi connectivity index (χ1n) is 3.79. The Morgan fingerprint density at radius 2 is 1.36 bits per heavy atom. The van der Waals surface area contributed by atoms with Gasteiger partial charge in [0.2, 0.25) is 0 Å². The van der Waals surface area contributed by atoms with Crippen LogP contribution in [0.25, 0.3) is 0 Å². The van der Waals surface area contributed by atoms with Gasteiger partial charge < -0.3 is 10.2 Å². The molecule has 0 radical (unpaired) electrons. The Balaban J connectivity index is -0.000000170. The van der Waals surface area contributed by atoms with Gasteiger partial charge in [0, 0.05) is 12.2 Å². The molecule has 0 amide bonds. The fourth-order valence-electron chi connectivity index (χ4n) is 0.143. The van der Waals surface area contributed by atoms with Crippen LogP contribution in [0.5, 0.6) is 0 Å². The fourth-order valence-corrected chi connectivity index (χ4v) is 0.143. The predicted octanol–water partition coefficient (Wildman–Crippen LogP) is 2.10. The van der Waals surface area contributed by atoms with Gasteiger partial charge >= 0.3 is 11.9 Å². The topological polar surface area (TPSA) is 74.6 Å². The molecule has 0 aromatic carbocycles. The van der Waals surface area contributed by atoms with Crippen LogP contribution in [0.15, 0.2) is 38.0 Å². The molecule has 0 heterocycles. The molecule has 0 atom stereocenters. The van der Waals surface area contributed by atoms with E-state index in [-0.39, 0.29) is 0 Å². The number of allylic oxidation sites excluding steroid dienone is 1. The lowest BCUT2D eigenvalue weighted by Gasteiger charge is -1.74. The lowest BCUT2D eigenvalue weighted by molar-refractivity contribution is -0.134. The molecule has 14 heavy (non-hydrogen) atoms. The smallest absolute Gasteiger partial charge is 0.328 e. The predicted molar refractivity (Wildman–Crippen MR) is 56.2 cm³/mol. The lowest BCUT2D eigenvalue weighted by atomic mass is 10.5. The van der Waals surface area contributed by atoms with E-state index in [4.69, 9.17) is 10.2 Å². The molecule has 0 aromatic heterocycles. The summed E-state index contributed by atoms with van der Waals surface area (Å²) >= 11 is 0. The first-order chi connectivity index (χ1) is 6.54. The van der Waals surface area contributed by atoms with Crippen LogP contribution >= 0.6 is 0 Å². The molecule has 0 rings (SSSR count). The van der Waals surface area contributed by atoms with E-state index >= 15 is 0 Å². The molecule has 2 N–H and O–H groups in total. The molecule has 0 unspecified atom stereocenters. The minimum Gasteiger partial charge on any atom is -0.478 e. The van der Waals surface area contributed by atoms with Crippen LogP contribution in [0, 0.1) is 0 Å². The summed E-state index contributed by atoms with van der Waals surface area (Å²) < 4.78 is 0. The number of carboxylic acid groups (broad SMARTS) is 2. The summed E-state index contributed by atoms with van der Waals surface area (Å²) in [6, 6.07) is 0. The molecule has 4 heteroatoms. The second-order valence-electron chi connectivity index (χ2n) is 1.71. The summed E-state index contributed by atoms with van der Waals surface area (Å²) in [5, 5.41) is 15.6. The van der Waals surface area contributed by atoms with E-state index < -0.39 is 11.9 Å². The van der Waals surface area contributed by atoms with Crippen molar-refractivity contribution in [1.29, 1.82) is 0 Å². The van der Waals surface area contributed by atoms with Crippen molar-refractivity contribution in [2.75, 3.05) is 0 Å². The standard InChI is InChI=1S/C4H4O4.C4H8.C2H4/c5-3(6)1-2-4(7)8;1-3-4-2;1-2/h1-2H,(H,5,6)(H,7,8);3H,1,4H2,2H3;1-2H2/b2-1-;;. The largest absolute Gasteiger partial charge is 0.478 e. The zero-order chi connectivity index (χ0) is 12.0. The molecule has 0 aliphatic carbocycles. The molecule has 0 bridgehead atoms. The zero-order valence-electron chi connectivity index (χ0n) is 8.27. The van der Waals surface area contributed by atoms with Crippen molar-refractivity contribution in [3.63, 3.8) is 0 Å². The SMILES string of the molecule is C=C.C=CCC.O=C(O)/C=C\C(=O)O. The summed E-state index contributed by atoms with van der Waals surface area (Å²) in [6.07, 6.45) is 4.07. The summed E-state index contributed by atoms with van der Waals surface area (Å²) in [5.74, 6) is -2.51. The monoisotopic (exact) mass is 200 g/mol. The molecular weight excluding hydrogens is 184 g/mol. The normalized spacial score (nSPS) is 7.50. The third-order valence-corrected chi connectivity index (χ3v) is 0.657. The van der Waals surface area contributed by atoms with Crippen LogP contribution in [-0.2, 0) is 9.59 Å². The van der Waals surface area contributed by atoms with E-state index in [1.807, 2.05) is 6.08 Å². The van der Waals surface area contributed by atoms with Gasteiger partial charge in [-0.25, -0.2) is 9.59 Å². The summed E-state index contributed by atoms with van der Waals surface area (Å²) in [6.45, 7) is 11.5. The first-order valence-corrected chi connectivity index (χ1v) is 3.79. The van der Waals surface area contributed by atoms with Crippen LogP contribution in [0.3, 0.4) is 0 Å². The molecule has 0 spiro atoms. The third-order valence-electron chi connectivity index (χ3n) is 0.657. The average Bonchev–Trinajstić information content (AvgIpc) is 2.18. The molecule has 4 nitrogen and oxygen atoms in total. The van der Waals surface area contributed by atoms with Gasteiger partial charge in [-0.2, -0.15) is 0 Å². The van der Waals surface area contributed by atoms with Crippen LogP contribution in [0.4, 0.5) is 0 Å². The molecular formula is C10H16O4. The van der Waals surface area contributed by atoms with Gasteiger partial charge in [0.25, 0.3) is 0 Å². The number of hydrogen-bond acceptors (Lipinski definition) is 2. The molecule has 80 valence electrons. The maximum atomic E-state index is 9.55. The number of carbonyl (C=O) groups is 2. The highest BCUT2D eigenvalue weighted by molar-refractivity contribution is 5.89. The van der Waals surface area contributed by atoms with E-state index in [0.717, 1.165) is 6.42 Å². The van der Waals surface area contributed by atoms with E-state index in [0.29, 0.717) is 12.2 Å². The fraction of sp³-hybridized carbons (Fsp3) is 0.200. The van der Waals surface area contributed by atoms with Crippen molar-refractivity contribution in [3.8, 4) is 0 Å². The van der Waals surface area contributed by atoms with E-state index in [1.54, 1.807) is 0 Å². The van der Waals surface area contributed by atoms with Crippen molar-refractivity contribution in [2.45, 2.75) is 13.3 Å². The maximum Gasteiger partial charge on any atom is 0.328 e. The van der Waals surface area contributed by atoms with Crippen LogP contribution in [0.1, 0.15) is 13.3 Å². The van der Waals surface area contributed by atoms with Crippen molar-refractivity contribution >= 4 is 11.9 Å². The molecule has 0 aliphatic heterocycles. The van der Waals surface area contributed by atoms with E-state index in [9.17, 15) is 9.59 Å². The van der Waals surface area contributed by atoms with Crippen LogP contribution in [0.2, 0.25) is 0 Å². The maximum absolute atomic E-state index is 9.55. The molecule has 0 aromatic rings. The Morgan fingerprint density at radius 1 is 1.14 bits per heavy atom. The van der Waals surface area contributed by atoms with Gasteiger partial charge in [-0.3, -0.25) is 0 Å². The molecule has 0 saturated heterocycles. The number of rotatable bonds is 3. The minimum atomic E-state index is -1.26. The van der Waals surface area contributed by atoms with Crippen molar-refractivity contribution < 1.29 is 19.8 Å². The van der Waals surface area contributed by atoms with Gasteiger partial charge in [-0.1, -0.05) is 13.0 Å². The van der Waals surface area contributed by atoms with Crippen molar-refractivity contribution in [1.82, 2.24) is 0 Å². The first kappa shape index (κ1) is 18.0. The number of aliphatic carboxylic acids is 2. The van der Waals surface area contributed by atoms with Crippen molar-refractivity contribution in [3.05, 3.63) is 38.0 Å². The highest BCUT2D eigenvalue weighted by Crippen LogP contribution is 1.70. The van der Waals surface area contributed by atoms with Gasteiger partial charge in [-0.05, 0) is 6.42 Å². The number of hydrogen-bond donors (Lipinski definition) is 2. The highest BCUT2D eigenvalue weighted by atomic mass is 16.4. The summed E-state index contributed by atoms with van der Waals surface area (Å²) in [5.41, 5.74) is 0.